The van der Waals surface area contributed by atoms with Gasteiger partial charge in [0.25, 0.3) is 0 Å². The van der Waals surface area contributed by atoms with Crippen LogP contribution in [0, 0.1) is 5.92 Å². The third-order valence-electron chi connectivity index (χ3n) is 2.39. The van der Waals surface area contributed by atoms with Gasteiger partial charge >= 0.3 is 0 Å². The topological polar surface area (TPSA) is 37.3 Å². The molecular formula is C14H20O2S. The Kier molecular flexibility index (Phi) is 4.78. The summed E-state index contributed by atoms with van der Waals surface area (Å²) in [5, 5.41) is 10.2. The van der Waals surface area contributed by atoms with Crippen LogP contribution in [0.5, 0.6) is 0 Å². The van der Waals surface area contributed by atoms with Gasteiger partial charge in [-0.25, -0.2) is 0 Å². The minimum absolute atomic E-state index is 0.0360. The summed E-state index contributed by atoms with van der Waals surface area (Å²) in [4.78, 5) is 12.0. The number of aliphatic hydroxyl groups excluding tert-OH is 1. The van der Waals surface area contributed by atoms with Crippen molar-refractivity contribution in [1.29, 1.82) is 0 Å². The average molecular weight is 252 g/mol. The van der Waals surface area contributed by atoms with Gasteiger partial charge in [-0.3, -0.25) is 4.79 Å². The summed E-state index contributed by atoms with van der Waals surface area (Å²) >= 11 is 1.29. The molecular weight excluding hydrogens is 232 g/mol. The predicted octanol–water partition coefficient (Wildman–Crippen LogP) is 3.41. The molecule has 0 unspecified atom stereocenters. The fourth-order valence-electron chi connectivity index (χ4n) is 1.46. The van der Waals surface area contributed by atoms with Crippen molar-refractivity contribution < 1.29 is 9.90 Å². The largest absolute Gasteiger partial charge is 0.388 e. The molecule has 2 nitrogen and oxygen atoms in total. The summed E-state index contributed by atoms with van der Waals surface area (Å²) in [5.74, 6) is -0.387. The second-order valence-electron chi connectivity index (χ2n) is 5.18. The highest BCUT2D eigenvalue weighted by Crippen LogP contribution is 2.32. The van der Waals surface area contributed by atoms with E-state index in [2.05, 4.69) is 0 Å². The van der Waals surface area contributed by atoms with Gasteiger partial charge < -0.3 is 5.11 Å². The predicted molar refractivity (Wildman–Crippen MR) is 72.9 cm³/mol. The van der Waals surface area contributed by atoms with Crippen molar-refractivity contribution in [3.8, 4) is 0 Å². The fraction of sp³-hybridized carbons (Fsp3) is 0.500. The monoisotopic (exact) mass is 252 g/mol. The minimum Gasteiger partial charge on any atom is -0.388 e. The first-order chi connectivity index (χ1) is 7.81. The zero-order valence-corrected chi connectivity index (χ0v) is 11.6. The standard InChI is InChI=1S/C14H20O2S/c1-10(13(16)17-14(2,3)4)12(15)11-8-6-5-7-9-11/h5-10,12,15H,1-4H3/t10-,12+/m0/s1. The third-order valence-corrected chi connectivity index (χ3v) is 3.58. The van der Waals surface area contributed by atoms with Gasteiger partial charge in [0, 0.05) is 4.75 Å². The van der Waals surface area contributed by atoms with Crippen molar-refractivity contribution >= 4 is 16.9 Å². The van der Waals surface area contributed by atoms with Crippen LogP contribution in [-0.2, 0) is 4.79 Å². The van der Waals surface area contributed by atoms with Crippen molar-refractivity contribution in [2.24, 2.45) is 5.92 Å². The van der Waals surface area contributed by atoms with Crippen molar-refractivity contribution in [3.63, 3.8) is 0 Å². The first-order valence-corrected chi connectivity index (χ1v) is 6.59. The molecule has 0 saturated heterocycles. The molecule has 0 aliphatic rings. The number of thioether (sulfide) groups is 1. The first kappa shape index (κ1) is 14.3. The van der Waals surface area contributed by atoms with Gasteiger partial charge in [-0.05, 0) is 5.56 Å². The number of rotatable bonds is 3. The number of carbonyl (C=O) groups is 1. The summed E-state index contributed by atoms with van der Waals surface area (Å²) in [6.07, 6.45) is -0.724. The number of hydrogen-bond acceptors (Lipinski definition) is 3. The Morgan fingerprint density at radius 1 is 1.24 bits per heavy atom. The van der Waals surface area contributed by atoms with E-state index in [1.54, 1.807) is 6.92 Å². The lowest BCUT2D eigenvalue weighted by Crippen LogP contribution is -2.21. The highest BCUT2D eigenvalue weighted by molar-refractivity contribution is 8.14. The molecule has 1 N–H and O–H groups in total. The van der Waals surface area contributed by atoms with Crippen molar-refractivity contribution in [2.45, 2.75) is 38.5 Å². The van der Waals surface area contributed by atoms with Crippen LogP contribution in [0.3, 0.4) is 0 Å². The van der Waals surface area contributed by atoms with E-state index in [0.29, 0.717) is 0 Å². The summed E-state index contributed by atoms with van der Waals surface area (Å²) < 4.78 is -0.109. The van der Waals surface area contributed by atoms with E-state index in [-0.39, 0.29) is 15.8 Å². The van der Waals surface area contributed by atoms with Crippen molar-refractivity contribution in [3.05, 3.63) is 35.9 Å². The first-order valence-electron chi connectivity index (χ1n) is 5.77. The maximum Gasteiger partial charge on any atom is 0.195 e. The summed E-state index contributed by atoms with van der Waals surface area (Å²) in [6, 6.07) is 9.32. The summed E-state index contributed by atoms with van der Waals surface area (Å²) in [6.45, 7) is 7.77. The van der Waals surface area contributed by atoms with Crippen LogP contribution in [0.25, 0.3) is 0 Å². The van der Waals surface area contributed by atoms with E-state index in [1.807, 2.05) is 51.1 Å². The van der Waals surface area contributed by atoms with Crippen LogP contribution in [0.2, 0.25) is 0 Å². The summed E-state index contributed by atoms with van der Waals surface area (Å²) in [7, 11) is 0. The Hall–Kier alpha value is -0.800. The second-order valence-corrected chi connectivity index (χ2v) is 7.01. The van der Waals surface area contributed by atoms with Crippen LogP contribution in [0.15, 0.2) is 30.3 Å². The van der Waals surface area contributed by atoms with E-state index < -0.39 is 6.10 Å². The molecule has 1 aromatic carbocycles. The molecule has 0 aliphatic carbocycles. The molecule has 0 heterocycles. The Balaban J connectivity index is 2.70. The average Bonchev–Trinajstić information content (AvgIpc) is 2.26. The van der Waals surface area contributed by atoms with E-state index in [9.17, 15) is 9.90 Å². The molecule has 1 rings (SSSR count). The van der Waals surface area contributed by atoms with Crippen LogP contribution in [0.4, 0.5) is 0 Å². The molecule has 17 heavy (non-hydrogen) atoms. The van der Waals surface area contributed by atoms with E-state index in [0.717, 1.165) is 5.56 Å². The van der Waals surface area contributed by atoms with Crippen LogP contribution < -0.4 is 0 Å². The van der Waals surface area contributed by atoms with Gasteiger partial charge in [-0.1, -0.05) is 69.8 Å². The number of benzene rings is 1. The van der Waals surface area contributed by atoms with Crippen LogP contribution >= 0.6 is 11.8 Å². The van der Waals surface area contributed by atoms with Crippen molar-refractivity contribution in [2.75, 3.05) is 0 Å². The quantitative estimate of drug-likeness (QED) is 0.895. The lowest BCUT2D eigenvalue weighted by Gasteiger charge is -2.22. The van der Waals surface area contributed by atoms with Crippen LogP contribution in [0.1, 0.15) is 39.4 Å². The van der Waals surface area contributed by atoms with Crippen LogP contribution in [-0.4, -0.2) is 15.0 Å². The minimum atomic E-state index is -0.724. The molecule has 0 saturated carbocycles. The van der Waals surface area contributed by atoms with E-state index >= 15 is 0 Å². The molecule has 0 aliphatic heterocycles. The Morgan fingerprint density at radius 3 is 2.24 bits per heavy atom. The zero-order valence-electron chi connectivity index (χ0n) is 10.8. The smallest absolute Gasteiger partial charge is 0.195 e. The highest BCUT2D eigenvalue weighted by atomic mass is 32.2. The number of carbonyl (C=O) groups excluding carboxylic acids is 1. The normalized spacial score (nSPS) is 15.4. The third kappa shape index (κ3) is 4.52. The molecule has 0 fully saturated rings. The van der Waals surface area contributed by atoms with Gasteiger partial charge in [-0.2, -0.15) is 0 Å². The Bertz CT molecular complexity index is 368. The molecule has 2 atom stereocenters. The second kappa shape index (κ2) is 5.69. The zero-order chi connectivity index (χ0) is 13.1. The van der Waals surface area contributed by atoms with Gasteiger partial charge in [0.1, 0.15) is 0 Å². The van der Waals surface area contributed by atoms with Gasteiger partial charge in [0.05, 0.1) is 12.0 Å². The van der Waals surface area contributed by atoms with Gasteiger partial charge in [0.15, 0.2) is 5.12 Å². The number of hydrogen-bond donors (Lipinski definition) is 1. The molecule has 94 valence electrons. The lowest BCUT2D eigenvalue weighted by molar-refractivity contribution is -0.117. The number of aliphatic hydroxyl groups is 1. The highest BCUT2D eigenvalue weighted by Gasteiger charge is 2.27. The molecule has 0 aromatic heterocycles. The molecule has 0 radical (unpaired) electrons. The fourth-order valence-corrected chi connectivity index (χ4v) is 2.38. The Labute approximate surface area is 107 Å². The maximum absolute atomic E-state index is 12.0. The SMILES string of the molecule is C[C@H](C(=O)SC(C)(C)C)[C@@H](O)c1ccccc1. The lowest BCUT2D eigenvalue weighted by atomic mass is 9.99. The van der Waals surface area contributed by atoms with Gasteiger partial charge in [0.2, 0.25) is 0 Å². The maximum atomic E-state index is 12.0. The summed E-state index contributed by atoms with van der Waals surface area (Å²) in [5.41, 5.74) is 0.794. The van der Waals surface area contributed by atoms with E-state index in [4.69, 9.17) is 0 Å². The molecule has 0 amide bonds. The molecule has 0 spiro atoms. The van der Waals surface area contributed by atoms with E-state index in [1.165, 1.54) is 11.8 Å². The molecule has 1 aromatic rings. The van der Waals surface area contributed by atoms with Gasteiger partial charge in [-0.15, -0.1) is 0 Å². The molecule has 0 bridgehead atoms. The molecule has 3 heteroatoms. The Morgan fingerprint density at radius 2 is 1.76 bits per heavy atom. The van der Waals surface area contributed by atoms with Crippen molar-refractivity contribution in [1.82, 2.24) is 0 Å².